The van der Waals surface area contributed by atoms with E-state index in [1.54, 1.807) is 54.7 Å². The maximum Gasteiger partial charge on any atom is 0.257 e. The summed E-state index contributed by atoms with van der Waals surface area (Å²) in [5.41, 5.74) is 1.76. The molecule has 10 heteroatoms. The Balaban J connectivity index is 1.31. The summed E-state index contributed by atoms with van der Waals surface area (Å²) in [5, 5.41) is 12.6. The van der Waals surface area contributed by atoms with Crippen LogP contribution in [-0.2, 0) is 7.05 Å². The molecule has 0 spiro atoms. The lowest BCUT2D eigenvalue weighted by molar-refractivity contribution is 0.102. The Morgan fingerprint density at radius 1 is 1.03 bits per heavy atom. The number of anilines is 2. The number of nitrogens with zero attached hydrogens (tertiary/aromatic N) is 8. The van der Waals surface area contributed by atoms with Gasteiger partial charge >= 0.3 is 0 Å². The zero-order chi connectivity index (χ0) is 24.6. The number of carbonyl (C=O) groups excluding carboxylic acids is 1. The number of aromatic nitrogens is 6. The highest BCUT2D eigenvalue weighted by molar-refractivity contribution is 6.05. The second kappa shape index (κ2) is 8.31. The lowest BCUT2D eigenvalue weighted by Gasteiger charge is -2.33. The summed E-state index contributed by atoms with van der Waals surface area (Å²) >= 11 is 0. The van der Waals surface area contributed by atoms with Gasteiger partial charge in [-0.25, -0.2) is 9.97 Å². The van der Waals surface area contributed by atoms with Crippen LogP contribution in [0.1, 0.15) is 14.5 Å². The molecule has 10 nitrogen and oxygen atoms in total. The number of aryl methyl sites for hydroxylation is 1. The minimum atomic E-state index is -2.10. The molecule has 0 atom stereocenters. The molecule has 0 radical (unpaired) electrons. The van der Waals surface area contributed by atoms with Crippen LogP contribution in [0.3, 0.4) is 0 Å². The molecule has 5 heterocycles. The highest BCUT2D eigenvalue weighted by atomic mass is 16.1. The van der Waals surface area contributed by atoms with Crippen molar-refractivity contribution in [3.05, 3.63) is 54.6 Å². The number of fused-ring (bicyclic) bond motifs is 1. The maximum atomic E-state index is 12.9. The number of piperazine rings is 1. The molecule has 0 aromatic carbocycles. The molecule has 162 valence electrons. The number of amides is 1. The van der Waals surface area contributed by atoms with Crippen LogP contribution >= 0.6 is 0 Å². The van der Waals surface area contributed by atoms with Gasteiger partial charge in [0.15, 0.2) is 0 Å². The first-order chi connectivity index (χ1) is 16.8. The van der Waals surface area contributed by atoms with Gasteiger partial charge in [0.1, 0.15) is 17.3 Å². The molecule has 5 rings (SSSR count). The van der Waals surface area contributed by atoms with Crippen molar-refractivity contribution in [2.45, 2.75) is 0 Å². The number of carbonyl (C=O) groups is 1. The minimum Gasteiger partial charge on any atom is -0.354 e. The van der Waals surface area contributed by atoms with Crippen molar-refractivity contribution in [1.82, 2.24) is 34.8 Å². The molecule has 32 heavy (non-hydrogen) atoms. The molecule has 1 amide bonds. The van der Waals surface area contributed by atoms with Gasteiger partial charge in [0.2, 0.25) is 0 Å². The minimum absolute atomic E-state index is 0.315. The summed E-state index contributed by atoms with van der Waals surface area (Å²) in [6.45, 7) is -0.253. The summed E-state index contributed by atoms with van der Waals surface area (Å²) < 4.78 is 24.3. The molecule has 4 aromatic rings. The molecule has 4 aromatic heterocycles. The number of hydrogen-bond acceptors (Lipinski definition) is 8. The smallest absolute Gasteiger partial charge is 0.257 e. The Hall–Kier alpha value is -3.92. The Morgan fingerprint density at radius 2 is 1.88 bits per heavy atom. The lowest BCUT2D eigenvalue weighted by atomic mass is 10.1. The molecule has 1 saturated heterocycles. The number of hydrogen-bond donors (Lipinski definition) is 1. The highest BCUT2D eigenvalue weighted by Crippen LogP contribution is 2.22. The van der Waals surface area contributed by atoms with Crippen molar-refractivity contribution in [2.75, 3.05) is 43.4 Å². The molecule has 0 bridgehead atoms. The predicted octanol–water partition coefficient (Wildman–Crippen LogP) is 1.82. The first kappa shape index (κ1) is 16.7. The van der Waals surface area contributed by atoms with Gasteiger partial charge in [-0.05, 0) is 36.6 Å². The predicted molar refractivity (Wildman–Crippen MR) is 121 cm³/mol. The van der Waals surface area contributed by atoms with Crippen LogP contribution in [0.25, 0.3) is 22.2 Å². The SMILES string of the molecule is [2H]C([2H])([2H])N1CCN(c2cc(C(=O)Nc3cc4cc(-c5cn(C)nn5)ncc4cn3)ccn2)CC1. The average molecular weight is 433 g/mol. The average Bonchev–Trinajstić information content (AvgIpc) is 3.29. The quantitative estimate of drug-likeness (QED) is 0.521. The number of likely N-dealkylation sites (N-methyl/N-ethyl adjacent to an activating group) is 1. The van der Waals surface area contributed by atoms with E-state index in [1.165, 1.54) is 4.90 Å². The first-order valence-electron chi connectivity index (χ1n) is 11.7. The number of rotatable bonds is 4. The van der Waals surface area contributed by atoms with Gasteiger partial charge < -0.3 is 15.1 Å². The van der Waals surface area contributed by atoms with Crippen LogP contribution in [0.5, 0.6) is 0 Å². The Labute approximate surface area is 189 Å². The van der Waals surface area contributed by atoms with Crippen LogP contribution in [0.4, 0.5) is 11.6 Å². The Morgan fingerprint density at radius 3 is 2.66 bits per heavy atom. The molecular formula is C22H23N9O. The van der Waals surface area contributed by atoms with E-state index < -0.39 is 6.98 Å². The fourth-order valence-corrected chi connectivity index (χ4v) is 3.57. The van der Waals surface area contributed by atoms with E-state index in [2.05, 4.69) is 30.6 Å². The molecule has 1 aliphatic rings. The third kappa shape index (κ3) is 4.12. The fourth-order valence-electron chi connectivity index (χ4n) is 3.57. The van der Waals surface area contributed by atoms with Gasteiger partial charge in [-0.15, -0.1) is 5.10 Å². The van der Waals surface area contributed by atoms with Crippen molar-refractivity contribution in [2.24, 2.45) is 7.05 Å². The third-order valence-electron chi connectivity index (χ3n) is 5.32. The molecule has 1 N–H and O–H groups in total. The lowest BCUT2D eigenvalue weighted by Crippen LogP contribution is -2.44. The van der Waals surface area contributed by atoms with Crippen molar-refractivity contribution in [3.8, 4) is 11.4 Å². The molecule has 0 aliphatic carbocycles. The van der Waals surface area contributed by atoms with Gasteiger partial charge in [0, 0.05) is 66.9 Å². The van der Waals surface area contributed by atoms with Crippen LogP contribution in [0.2, 0.25) is 0 Å². The molecule has 1 aliphatic heterocycles. The van der Waals surface area contributed by atoms with Gasteiger partial charge in [-0.3, -0.25) is 14.5 Å². The fraction of sp³-hybridized carbons (Fsp3) is 0.273. The van der Waals surface area contributed by atoms with E-state index >= 15 is 0 Å². The van der Waals surface area contributed by atoms with Crippen molar-refractivity contribution >= 4 is 28.3 Å². The van der Waals surface area contributed by atoms with Crippen molar-refractivity contribution < 1.29 is 8.91 Å². The normalized spacial score (nSPS) is 16.4. The van der Waals surface area contributed by atoms with E-state index in [0.717, 1.165) is 10.8 Å². The Kier molecular flexibility index (Phi) is 4.35. The van der Waals surface area contributed by atoms with Gasteiger partial charge in [-0.1, -0.05) is 5.21 Å². The van der Waals surface area contributed by atoms with E-state index in [1.807, 2.05) is 11.0 Å². The van der Waals surface area contributed by atoms with Gasteiger partial charge in [0.05, 0.1) is 11.9 Å². The summed E-state index contributed by atoms with van der Waals surface area (Å²) in [5.74, 6) is 0.724. The largest absolute Gasteiger partial charge is 0.354 e. The van der Waals surface area contributed by atoms with Crippen LogP contribution < -0.4 is 10.2 Å². The molecular weight excluding hydrogens is 406 g/mol. The summed E-state index contributed by atoms with van der Waals surface area (Å²) in [6.07, 6.45) is 6.72. The summed E-state index contributed by atoms with van der Waals surface area (Å²) in [4.78, 5) is 29.5. The highest BCUT2D eigenvalue weighted by Gasteiger charge is 2.17. The van der Waals surface area contributed by atoms with E-state index in [-0.39, 0.29) is 5.91 Å². The molecule has 0 saturated carbocycles. The zero-order valence-electron chi connectivity index (χ0n) is 20.4. The summed E-state index contributed by atoms with van der Waals surface area (Å²) in [6, 6.07) is 7.00. The van der Waals surface area contributed by atoms with E-state index in [0.29, 0.717) is 54.8 Å². The first-order valence-corrected chi connectivity index (χ1v) is 10.2. The number of pyridine rings is 3. The molecule has 0 unspecified atom stereocenters. The number of nitrogens with one attached hydrogen (secondary N) is 1. The topological polar surface area (TPSA) is 105 Å². The van der Waals surface area contributed by atoms with Crippen molar-refractivity contribution in [3.63, 3.8) is 0 Å². The van der Waals surface area contributed by atoms with Crippen LogP contribution in [0.15, 0.2) is 49.1 Å². The maximum absolute atomic E-state index is 12.9. The van der Waals surface area contributed by atoms with E-state index in [9.17, 15) is 4.79 Å². The van der Waals surface area contributed by atoms with Gasteiger partial charge in [-0.2, -0.15) is 0 Å². The summed E-state index contributed by atoms with van der Waals surface area (Å²) in [7, 11) is 1.79. The third-order valence-corrected chi connectivity index (χ3v) is 5.32. The Bertz CT molecular complexity index is 1380. The van der Waals surface area contributed by atoms with Gasteiger partial charge in [0.25, 0.3) is 5.91 Å². The van der Waals surface area contributed by atoms with Crippen molar-refractivity contribution in [1.29, 1.82) is 0 Å². The zero-order valence-corrected chi connectivity index (χ0v) is 17.4. The van der Waals surface area contributed by atoms with Crippen LogP contribution in [0, 0.1) is 0 Å². The second-order valence-corrected chi connectivity index (χ2v) is 7.59. The second-order valence-electron chi connectivity index (χ2n) is 7.59. The van der Waals surface area contributed by atoms with Crippen LogP contribution in [-0.4, -0.2) is 73.9 Å². The molecule has 1 fully saturated rings. The van der Waals surface area contributed by atoms with E-state index in [4.69, 9.17) is 4.11 Å². The standard InChI is InChI=1S/C22H23N9O/c1-29-5-7-31(8-6-29)21-11-15(3-4-23-21)22(32)26-20-10-16-9-18(19-14-30(2)28-27-19)24-12-17(16)13-25-20/h3-4,9-14H,5-8H2,1-2H3,(H,25,26,32)/i1D3. The monoisotopic (exact) mass is 432 g/mol.